The number of carbonyl (C=O) groups is 1. The van der Waals surface area contributed by atoms with Crippen LogP contribution in [-0.2, 0) is 4.79 Å². The van der Waals surface area contributed by atoms with E-state index in [9.17, 15) is 4.79 Å². The van der Waals surface area contributed by atoms with Crippen LogP contribution >= 0.6 is 11.8 Å². The van der Waals surface area contributed by atoms with Crippen molar-refractivity contribution in [2.45, 2.75) is 37.9 Å². The zero-order valence-corrected chi connectivity index (χ0v) is 12.3. The number of aromatic amines is 1. The molecule has 1 aromatic carbocycles. The number of hydrogen-bond donors (Lipinski definition) is 2. The van der Waals surface area contributed by atoms with Crippen molar-refractivity contribution in [1.29, 1.82) is 0 Å². The number of nitrogens with one attached hydrogen (secondary N) is 2. The van der Waals surface area contributed by atoms with Crippen molar-refractivity contribution in [3.63, 3.8) is 0 Å². The van der Waals surface area contributed by atoms with E-state index in [0.717, 1.165) is 22.6 Å². The summed E-state index contributed by atoms with van der Waals surface area (Å²) in [4.78, 5) is 19.5. The summed E-state index contributed by atoms with van der Waals surface area (Å²) in [5.41, 5.74) is 1.78. The molecule has 0 spiro atoms. The Balaban J connectivity index is 1.93. The quantitative estimate of drug-likeness (QED) is 0.826. The van der Waals surface area contributed by atoms with Gasteiger partial charge in [0, 0.05) is 5.54 Å². The highest BCUT2D eigenvalue weighted by molar-refractivity contribution is 7.99. The Hall–Kier alpha value is -1.49. The highest BCUT2D eigenvalue weighted by Gasteiger charge is 2.17. The van der Waals surface area contributed by atoms with Crippen LogP contribution in [0.15, 0.2) is 29.4 Å². The first kappa shape index (κ1) is 13.9. The highest BCUT2D eigenvalue weighted by Crippen LogP contribution is 2.19. The normalized spacial score (nSPS) is 11.7. The van der Waals surface area contributed by atoms with Gasteiger partial charge in [-0.25, -0.2) is 4.98 Å². The highest BCUT2D eigenvalue weighted by atomic mass is 32.2. The van der Waals surface area contributed by atoms with Crippen LogP contribution in [0.1, 0.15) is 27.2 Å². The summed E-state index contributed by atoms with van der Waals surface area (Å²) in [6.45, 7) is 6.11. The van der Waals surface area contributed by atoms with E-state index in [2.05, 4.69) is 22.2 Å². The number of imidazole rings is 1. The van der Waals surface area contributed by atoms with Crippen LogP contribution < -0.4 is 5.32 Å². The number of para-hydroxylation sites is 2. The molecule has 4 nitrogen and oxygen atoms in total. The van der Waals surface area contributed by atoms with Gasteiger partial charge in [0.2, 0.25) is 5.91 Å². The Morgan fingerprint density at radius 3 is 2.84 bits per heavy atom. The van der Waals surface area contributed by atoms with E-state index in [0.29, 0.717) is 5.75 Å². The fourth-order valence-electron chi connectivity index (χ4n) is 1.63. The molecule has 5 heteroatoms. The molecule has 0 unspecified atom stereocenters. The number of hydrogen-bond acceptors (Lipinski definition) is 3. The van der Waals surface area contributed by atoms with Crippen molar-refractivity contribution in [2.24, 2.45) is 0 Å². The third-order valence-corrected chi connectivity index (χ3v) is 3.94. The SMILES string of the molecule is CCC(C)(C)NC(=O)CSc1nc2ccccc2[nH]1. The molecule has 1 amide bonds. The maximum absolute atomic E-state index is 11.8. The van der Waals surface area contributed by atoms with Crippen molar-refractivity contribution in [3.05, 3.63) is 24.3 Å². The number of thioether (sulfide) groups is 1. The van der Waals surface area contributed by atoms with Crippen LogP contribution in [0.25, 0.3) is 11.0 Å². The monoisotopic (exact) mass is 277 g/mol. The van der Waals surface area contributed by atoms with E-state index in [1.54, 1.807) is 0 Å². The average Bonchev–Trinajstić information content (AvgIpc) is 2.78. The number of amides is 1. The predicted molar refractivity (Wildman–Crippen MR) is 79.3 cm³/mol. The number of nitrogens with zero attached hydrogens (tertiary/aromatic N) is 1. The summed E-state index contributed by atoms with van der Waals surface area (Å²) in [6.07, 6.45) is 0.911. The lowest BCUT2D eigenvalue weighted by Gasteiger charge is -2.24. The summed E-state index contributed by atoms with van der Waals surface area (Å²) in [7, 11) is 0. The average molecular weight is 277 g/mol. The van der Waals surface area contributed by atoms with Crippen LogP contribution in [-0.4, -0.2) is 27.2 Å². The summed E-state index contributed by atoms with van der Waals surface area (Å²) in [6, 6.07) is 7.85. The van der Waals surface area contributed by atoms with Gasteiger partial charge in [0.05, 0.1) is 16.8 Å². The molecule has 1 aromatic heterocycles. The van der Waals surface area contributed by atoms with Gasteiger partial charge in [0.1, 0.15) is 0 Å². The molecule has 0 aliphatic rings. The summed E-state index contributed by atoms with van der Waals surface area (Å²) >= 11 is 1.43. The molecule has 0 saturated carbocycles. The molecule has 0 aliphatic carbocycles. The lowest BCUT2D eigenvalue weighted by Crippen LogP contribution is -2.43. The van der Waals surface area contributed by atoms with Gasteiger partial charge < -0.3 is 10.3 Å². The minimum Gasteiger partial charge on any atom is -0.351 e. The standard InChI is InChI=1S/C14H19N3OS/c1-4-14(2,3)17-12(18)9-19-13-15-10-7-5-6-8-11(10)16-13/h5-8H,4,9H2,1-3H3,(H,15,16)(H,17,18). The fraction of sp³-hybridized carbons (Fsp3) is 0.429. The third kappa shape index (κ3) is 3.73. The van der Waals surface area contributed by atoms with E-state index in [4.69, 9.17) is 0 Å². The predicted octanol–water partition coefficient (Wildman–Crippen LogP) is 2.96. The molecule has 19 heavy (non-hydrogen) atoms. The molecule has 0 radical (unpaired) electrons. The van der Waals surface area contributed by atoms with Crippen LogP contribution in [0.4, 0.5) is 0 Å². The van der Waals surface area contributed by atoms with Gasteiger partial charge in [-0.1, -0.05) is 30.8 Å². The van der Waals surface area contributed by atoms with E-state index in [1.807, 2.05) is 38.1 Å². The largest absolute Gasteiger partial charge is 0.351 e. The number of H-pyrrole nitrogens is 1. The maximum Gasteiger partial charge on any atom is 0.230 e. The van der Waals surface area contributed by atoms with E-state index in [-0.39, 0.29) is 11.4 Å². The first-order valence-corrected chi connectivity index (χ1v) is 7.37. The molecule has 2 N–H and O–H groups in total. The molecule has 2 rings (SSSR count). The van der Waals surface area contributed by atoms with Crippen LogP contribution in [0, 0.1) is 0 Å². The number of benzene rings is 1. The van der Waals surface area contributed by atoms with Gasteiger partial charge in [0.15, 0.2) is 5.16 Å². The first-order chi connectivity index (χ1) is 9.00. The molecule has 0 aliphatic heterocycles. The van der Waals surface area contributed by atoms with Gasteiger partial charge in [-0.2, -0.15) is 0 Å². The Kier molecular flexibility index (Phi) is 4.14. The van der Waals surface area contributed by atoms with Crippen LogP contribution in [0.3, 0.4) is 0 Å². The van der Waals surface area contributed by atoms with Crippen molar-refractivity contribution >= 4 is 28.7 Å². The molecule has 0 fully saturated rings. The maximum atomic E-state index is 11.8. The first-order valence-electron chi connectivity index (χ1n) is 6.39. The van der Waals surface area contributed by atoms with Gasteiger partial charge >= 0.3 is 0 Å². The third-order valence-electron chi connectivity index (χ3n) is 3.07. The molecule has 1 heterocycles. The molecule has 102 valence electrons. The van der Waals surface area contributed by atoms with Gasteiger partial charge in [-0.3, -0.25) is 4.79 Å². The number of carbonyl (C=O) groups excluding carboxylic acids is 1. The van der Waals surface area contributed by atoms with E-state index in [1.165, 1.54) is 11.8 Å². The van der Waals surface area contributed by atoms with Gasteiger partial charge in [0.25, 0.3) is 0 Å². The van der Waals surface area contributed by atoms with Crippen molar-refractivity contribution in [3.8, 4) is 0 Å². The lowest BCUT2D eigenvalue weighted by molar-refractivity contribution is -0.120. The van der Waals surface area contributed by atoms with Crippen LogP contribution in [0.5, 0.6) is 0 Å². The van der Waals surface area contributed by atoms with Gasteiger partial charge in [-0.15, -0.1) is 0 Å². The van der Waals surface area contributed by atoms with Crippen molar-refractivity contribution < 1.29 is 4.79 Å². The topological polar surface area (TPSA) is 57.8 Å². The molecule has 2 aromatic rings. The van der Waals surface area contributed by atoms with Crippen LogP contribution in [0.2, 0.25) is 0 Å². The molecule has 0 saturated heterocycles. The van der Waals surface area contributed by atoms with Crippen molar-refractivity contribution in [2.75, 3.05) is 5.75 Å². The molecular formula is C14H19N3OS. The smallest absolute Gasteiger partial charge is 0.230 e. The summed E-state index contributed by atoms with van der Waals surface area (Å²) < 4.78 is 0. The zero-order chi connectivity index (χ0) is 13.9. The number of fused-ring (bicyclic) bond motifs is 1. The van der Waals surface area contributed by atoms with E-state index < -0.39 is 0 Å². The molecular weight excluding hydrogens is 258 g/mol. The summed E-state index contributed by atoms with van der Waals surface area (Å²) in [5, 5.41) is 3.79. The Morgan fingerprint density at radius 1 is 1.42 bits per heavy atom. The molecule has 0 bridgehead atoms. The minimum atomic E-state index is -0.147. The fourth-order valence-corrected chi connectivity index (χ4v) is 2.32. The lowest BCUT2D eigenvalue weighted by atomic mass is 10.0. The second-order valence-electron chi connectivity index (χ2n) is 5.13. The Bertz CT molecular complexity index is 544. The molecule has 0 atom stereocenters. The Labute approximate surface area is 117 Å². The van der Waals surface area contributed by atoms with E-state index >= 15 is 0 Å². The van der Waals surface area contributed by atoms with Gasteiger partial charge in [-0.05, 0) is 32.4 Å². The zero-order valence-electron chi connectivity index (χ0n) is 11.5. The number of rotatable bonds is 5. The Morgan fingerprint density at radius 2 is 2.16 bits per heavy atom. The number of aromatic nitrogens is 2. The summed E-state index contributed by atoms with van der Waals surface area (Å²) in [5.74, 6) is 0.417. The minimum absolute atomic E-state index is 0.0392. The van der Waals surface area contributed by atoms with Crippen molar-refractivity contribution in [1.82, 2.24) is 15.3 Å². The second-order valence-corrected chi connectivity index (χ2v) is 6.10. The second kappa shape index (κ2) is 5.65.